The molecule has 0 N–H and O–H groups in total. The number of likely N-dealkylation sites (N-methyl/N-ethyl adjacent to an activating group) is 1. The average molecular weight is 390 g/mol. The summed E-state index contributed by atoms with van der Waals surface area (Å²) < 4.78 is 11.5. The third-order valence-electron chi connectivity index (χ3n) is 3.58. The highest BCUT2D eigenvalue weighted by Gasteiger charge is 2.09. The van der Waals surface area contributed by atoms with Crippen LogP contribution in [-0.2, 0) is 11.3 Å². The van der Waals surface area contributed by atoms with Gasteiger partial charge in [0.25, 0.3) is 0 Å². The highest BCUT2D eigenvalue weighted by Crippen LogP contribution is 2.25. The van der Waals surface area contributed by atoms with Gasteiger partial charge in [0.05, 0.1) is 14.2 Å². The lowest BCUT2D eigenvalue weighted by molar-refractivity contribution is -0.125. The maximum atomic E-state index is 12.3. The fourth-order valence-corrected chi connectivity index (χ4v) is 2.63. The van der Waals surface area contributed by atoms with Gasteiger partial charge in [0.15, 0.2) is 0 Å². The standard InChI is InChI=1S/C19H20BrNO3/c1-21(13-15-6-4-5-7-17(15)20)19(22)11-8-14-12-16(23-2)9-10-18(14)24-3/h4-12H,13H2,1-3H3/b11-8+. The van der Waals surface area contributed by atoms with Crippen LogP contribution in [0.3, 0.4) is 0 Å². The van der Waals surface area contributed by atoms with Crippen LogP contribution in [0.15, 0.2) is 53.0 Å². The van der Waals surface area contributed by atoms with Gasteiger partial charge in [-0.05, 0) is 35.9 Å². The first kappa shape index (κ1) is 18.1. The fourth-order valence-electron chi connectivity index (χ4n) is 2.22. The summed E-state index contributed by atoms with van der Waals surface area (Å²) in [5.41, 5.74) is 1.85. The summed E-state index contributed by atoms with van der Waals surface area (Å²) in [5.74, 6) is 1.31. The van der Waals surface area contributed by atoms with Crippen LogP contribution in [0, 0.1) is 0 Å². The molecule has 0 unspecified atom stereocenters. The van der Waals surface area contributed by atoms with Crippen molar-refractivity contribution < 1.29 is 14.3 Å². The normalized spacial score (nSPS) is 10.7. The number of ether oxygens (including phenoxy) is 2. The van der Waals surface area contributed by atoms with Crippen LogP contribution in [0.5, 0.6) is 11.5 Å². The van der Waals surface area contributed by atoms with E-state index in [0.717, 1.165) is 15.6 Å². The topological polar surface area (TPSA) is 38.8 Å². The number of hydrogen-bond donors (Lipinski definition) is 0. The second kappa shape index (κ2) is 8.55. The van der Waals surface area contributed by atoms with Crippen molar-refractivity contribution in [3.05, 3.63) is 64.1 Å². The zero-order chi connectivity index (χ0) is 17.5. The summed E-state index contributed by atoms with van der Waals surface area (Å²) in [6.45, 7) is 0.528. The van der Waals surface area contributed by atoms with Gasteiger partial charge in [0, 0.05) is 29.7 Å². The highest BCUT2D eigenvalue weighted by atomic mass is 79.9. The second-order valence-corrected chi connectivity index (χ2v) is 6.08. The van der Waals surface area contributed by atoms with E-state index in [0.29, 0.717) is 18.0 Å². The van der Waals surface area contributed by atoms with E-state index in [4.69, 9.17) is 9.47 Å². The van der Waals surface area contributed by atoms with Crippen LogP contribution in [0.25, 0.3) is 6.08 Å². The molecule has 0 atom stereocenters. The van der Waals surface area contributed by atoms with Crippen molar-refractivity contribution in [2.45, 2.75) is 6.54 Å². The van der Waals surface area contributed by atoms with Crippen molar-refractivity contribution in [2.75, 3.05) is 21.3 Å². The average Bonchev–Trinajstić information content (AvgIpc) is 2.61. The Kier molecular flexibility index (Phi) is 6.44. The third kappa shape index (κ3) is 4.61. The van der Waals surface area contributed by atoms with Crippen molar-refractivity contribution in [1.29, 1.82) is 0 Å². The molecule has 0 fully saturated rings. The molecule has 1 amide bonds. The predicted octanol–water partition coefficient (Wildman–Crippen LogP) is 4.14. The number of rotatable bonds is 6. The number of carbonyl (C=O) groups is 1. The summed E-state index contributed by atoms with van der Waals surface area (Å²) in [7, 11) is 4.97. The third-order valence-corrected chi connectivity index (χ3v) is 4.36. The van der Waals surface area contributed by atoms with Crippen LogP contribution < -0.4 is 9.47 Å². The first-order chi connectivity index (χ1) is 11.5. The van der Waals surface area contributed by atoms with Gasteiger partial charge in [-0.25, -0.2) is 0 Å². The van der Waals surface area contributed by atoms with E-state index < -0.39 is 0 Å². The molecule has 0 bridgehead atoms. The number of carbonyl (C=O) groups excluding carboxylic acids is 1. The molecule has 2 rings (SSSR count). The molecule has 0 saturated carbocycles. The Hall–Kier alpha value is -2.27. The minimum Gasteiger partial charge on any atom is -0.497 e. The van der Waals surface area contributed by atoms with Gasteiger partial charge in [0.2, 0.25) is 5.91 Å². The first-order valence-electron chi connectivity index (χ1n) is 7.43. The van der Waals surface area contributed by atoms with Crippen molar-refractivity contribution in [1.82, 2.24) is 4.90 Å². The molecule has 0 aliphatic heterocycles. The number of halogens is 1. The number of hydrogen-bond acceptors (Lipinski definition) is 3. The molecule has 0 spiro atoms. The van der Waals surface area contributed by atoms with Crippen molar-refractivity contribution in [3.63, 3.8) is 0 Å². The van der Waals surface area contributed by atoms with Gasteiger partial charge in [-0.1, -0.05) is 34.1 Å². The second-order valence-electron chi connectivity index (χ2n) is 5.23. The predicted molar refractivity (Wildman–Crippen MR) is 99.2 cm³/mol. The van der Waals surface area contributed by atoms with E-state index in [1.54, 1.807) is 32.2 Å². The van der Waals surface area contributed by atoms with Crippen LogP contribution >= 0.6 is 15.9 Å². The minimum absolute atomic E-state index is 0.0874. The van der Waals surface area contributed by atoms with Crippen LogP contribution in [0.4, 0.5) is 0 Å². The summed E-state index contributed by atoms with van der Waals surface area (Å²) in [4.78, 5) is 14.0. The number of nitrogens with zero attached hydrogens (tertiary/aromatic N) is 1. The number of benzene rings is 2. The lowest BCUT2D eigenvalue weighted by Gasteiger charge is -2.16. The van der Waals surface area contributed by atoms with E-state index in [-0.39, 0.29) is 5.91 Å². The van der Waals surface area contributed by atoms with Gasteiger partial charge < -0.3 is 14.4 Å². The lowest BCUT2D eigenvalue weighted by Crippen LogP contribution is -2.24. The minimum atomic E-state index is -0.0874. The fraction of sp³-hybridized carbons (Fsp3) is 0.211. The van der Waals surface area contributed by atoms with Gasteiger partial charge in [0.1, 0.15) is 11.5 Å². The molecule has 24 heavy (non-hydrogen) atoms. The van der Waals surface area contributed by atoms with Gasteiger partial charge in [-0.2, -0.15) is 0 Å². The monoisotopic (exact) mass is 389 g/mol. The van der Waals surface area contributed by atoms with Crippen molar-refractivity contribution in [2.24, 2.45) is 0 Å². The molecule has 126 valence electrons. The zero-order valence-corrected chi connectivity index (χ0v) is 15.5. The number of amides is 1. The molecule has 2 aromatic rings. The molecule has 0 aromatic heterocycles. The first-order valence-corrected chi connectivity index (χ1v) is 8.23. The molecule has 0 heterocycles. The quantitative estimate of drug-likeness (QED) is 0.696. The van der Waals surface area contributed by atoms with Crippen LogP contribution in [0.1, 0.15) is 11.1 Å². The molecular weight excluding hydrogens is 370 g/mol. The van der Waals surface area contributed by atoms with E-state index in [2.05, 4.69) is 15.9 Å². The molecule has 0 aliphatic carbocycles. The van der Waals surface area contributed by atoms with E-state index in [9.17, 15) is 4.79 Å². The van der Waals surface area contributed by atoms with E-state index >= 15 is 0 Å². The zero-order valence-electron chi connectivity index (χ0n) is 14.0. The highest BCUT2D eigenvalue weighted by molar-refractivity contribution is 9.10. The largest absolute Gasteiger partial charge is 0.497 e. The Balaban J connectivity index is 2.11. The molecule has 2 aromatic carbocycles. The number of methoxy groups -OCH3 is 2. The molecule has 0 aliphatic rings. The van der Waals surface area contributed by atoms with Crippen LogP contribution in [-0.4, -0.2) is 32.1 Å². The van der Waals surface area contributed by atoms with E-state index in [1.807, 2.05) is 42.5 Å². The summed E-state index contributed by atoms with van der Waals surface area (Å²) in [6.07, 6.45) is 3.27. The summed E-state index contributed by atoms with van der Waals surface area (Å²) >= 11 is 3.50. The molecule has 4 nitrogen and oxygen atoms in total. The van der Waals surface area contributed by atoms with Crippen molar-refractivity contribution >= 4 is 27.9 Å². The Morgan fingerprint density at radius 2 is 1.92 bits per heavy atom. The van der Waals surface area contributed by atoms with Crippen LogP contribution in [0.2, 0.25) is 0 Å². The molecular formula is C19H20BrNO3. The molecule has 0 radical (unpaired) electrons. The Morgan fingerprint density at radius 3 is 2.58 bits per heavy atom. The smallest absolute Gasteiger partial charge is 0.246 e. The summed E-state index contributed by atoms with van der Waals surface area (Å²) in [5, 5.41) is 0. The maximum absolute atomic E-state index is 12.3. The SMILES string of the molecule is COc1ccc(OC)c(/C=C/C(=O)N(C)Cc2ccccc2Br)c1. The van der Waals surface area contributed by atoms with Gasteiger partial charge in [-0.15, -0.1) is 0 Å². The summed E-state index contributed by atoms with van der Waals surface area (Å²) in [6, 6.07) is 13.3. The van der Waals surface area contributed by atoms with E-state index in [1.165, 1.54) is 6.08 Å². The Bertz CT molecular complexity index is 743. The Labute approximate surface area is 150 Å². The van der Waals surface area contributed by atoms with Gasteiger partial charge in [-0.3, -0.25) is 4.79 Å². The molecule has 0 saturated heterocycles. The van der Waals surface area contributed by atoms with Gasteiger partial charge >= 0.3 is 0 Å². The maximum Gasteiger partial charge on any atom is 0.246 e. The lowest BCUT2D eigenvalue weighted by atomic mass is 10.1. The van der Waals surface area contributed by atoms with Crippen molar-refractivity contribution in [3.8, 4) is 11.5 Å². The molecule has 5 heteroatoms. The Morgan fingerprint density at radius 1 is 1.17 bits per heavy atom.